The van der Waals surface area contributed by atoms with E-state index in [9.17, 15) is 0 Å². The van der Waals surface area contributed by atoms with E-state index >= 15 is 0 Å². The van der Waals surface area contributed by atoms with Gasteiger partial charge in [0.15, 0.2) is 5.96 Å². The lowest BCUT2D eigenvalue weighted by atomic mass is 10.2. The third-order valence-corrected chi connectivity index (χ3v) is 3.89. The second-order valence-corrected chi connectivity index (χ2v) is 6.01. The standard InChI is InChI=1S/C17H21BrN4O.HI/c1-19-17(21-11-14-8-9-20-16(10-14)23-3)22(2)12-13-4-6-15(18)7-5-13;/h4-10H,11-12H2,1-3H3,(H,19,21);1H. The Morgan fingerprint density at radius 1 is 1.25 bits per heavy atom. The van der Waals surface area contributed by atoms with Gasteiger partial charge in [-0.05, 0) is 29.3 Å². The van der Waals surface area contributed by atoms with Crippen LogP contribution in [0.15, 0.2) is 52.1 Å². The number of methoxy groups -OCH3 is 1. The Kier molecular flexibility index (Phi) is 9.05. The molecule has 0 aliphatic carbocycles. The molecule has 1 aromatic carbocycles. The Morgan fingerprint density at radius 3 is 2.58 bits per heavy atom. The van der Waals surface area contributed by atoms with Crippen LogP contribution >= 0.6 is 39.9 Å². The molecule has 0 saturated carbocycles. The van der Waals surface area contributed by atoms with Gasteiger partial charge in [0, 0.05) is 43.9 Å². The Labute approximate surface area is 168 Å². The average Bonchev–Trinajstić information content (AvgIpc) is 2.57. The third-order valence-electron chi connectivity index (χ3n) is 3.37. The Balaban J connectivity index is 0.00000288. The molecular formula is C17H22BrIN4O. The highest BCUT2D eigenvalue weighted by Crippen LogP contribution is 2.12. The first-order chi connectivity index (χ1) is 11.1. The van der Waals surface area contributed by atoms with Crippen LogP contribution in [-0.2, 0) is 13.1 Å². The number of aliphatic imine (C=N–C) groups is 1. The number of guanidine groups is 1. The summed E-state index contributed by atoms with van der Waals surface area (Å²) in [4.78, 5) is 10.5. The smallest absolute Gasteiger partial charge is 0.213 e. The number of pyridine rings is 1. The molecule has 0 saturated heterocycles. The maximum atomic E-state index is 5.14. The number of halogens is 2. The second-order valence-electron chi connectivity index (χ2n) is 5.09. The second kappa shape index (κ2) is 10.5. The topological polar surface area (TPSA) is 49.8 Å². The lowest BCUT2D eigenvalue weighted by Gasteiger charge is -2.22. The fraction of sp³-hybridized carbons (Fsp3) is 0.294. The zero-order chi connectivity index (χ0) is 16.7. The molecule has 2 aromatic rings. The molecular weight excluding hydrogens is 483 g/mol. The van der Waals surface area contributed by atoms with Crippen molar-refractivity contribution in [3.8, 4) is 5.88 Å². The molecule has 1 N–H and O–H groups in total. The zero-order valence-electron chi connectivity index (χ0n) is 14.0. The number of aromatic nitrogens is 1. The zero-order valence-corrected chi connectivity index (χ0v) is 17.9. The summed E-state index contributed by atoms with van der Waals surface area (Å²) in [6, 6.07) is 12.2. The van der Waals surface area contributed by atoms with Gasteiger partial charge in [0.05, 0.1) is 7.11 Å². The number of ether oxygens (including phenoxy) is 1. The monoisotopic (exact) mass is 504 g/mol. The molecule has 5 nitrogen and oxygen atoms in total. The van der Waals surface area contributed by atoms with Crippen LogP contribution in [0.1, 0.15) is 11.1 Å². The van der Waals surface area contributed by atoms with Crippen molar-refractivity contribution in [2.24, 2.45) is 4.99 Å². The summed E-state index contributed by atoms with van der Waals surface area (Å²) >= 11 is 3.45. The van der Waals surface area contributed by atoms with Crippen molar-refractivity contribution in [3.63, 3.8) is 0 Å². The van der Waals surface area contributed by atoms with E-state index in [2.05, 4.69) is 48.3 Å². The number of nitrogens with one attached hydrogen (secondary N) is 1. The van der Waals surface area contributed by atoms with E-state index < -0.39 is 0 Å². The first-order valence-electron chi connectivity index (χ1n) is 7.27. The SMILES string of the molecule is CN=C(NCc1ccnc(OC)c1)N(C)Cc1ccc(Br)cc1.I. The maximum Gasteiger partial charge on any atom is 0.213 e. The summed E-state index contributed by atoms with van der Waals surface area (Å²) in [6.45, 7) is 1.45. The van der Waals surface area contributed by atoms with Crippen molar-refractivity contribution in [1.82, 2.24) is 15.2 Å². The normalized spacial score (nSPS) is 10.8. The Hall–Kier alpha value is -1.35. The van der Waals surface area contributed by atoms with E-state index in [1.165, 1.54) is 5.56 Å². The highest BCUT2D eigenvalue weighted by atomic mass is 127. The minimum Gasteiger partial charge on any atom is -0.481 e. The van der Waals surface area contributed by atoms with Crippen LogP contribution in [0.5, 0.6) is 5.88 Å². The predicted octanol–water partition coefficient (Wildman–Crippen LogP) is 3.68. The first kappa shape index (κ1) is 20.7. The number of nitrogens with zero attached hydrogens (tertiary/aromatic N) is 3. The predicted molar refractivity (Wildman–Crippen MR) is 112 cm³/mol. The maximum absolute atomic E-state index is 5.14. The van der Waals surface area contributed by atoms with Gasteiger partial charge in [-0.3, -0.25) is 4.99 Å². The number of benzene rings is 1. The summed E-state index contributed by atoms with van der Waals surface area (Å²) in [5.74, 6) is 1.45. The van der Waals surface area contributed by atoms with Crippen LogP contribution in [0, 0.1) is 0 Å². The molecule has 0 aliphatic heterocycles. The Bertz CT molecular complexity index is 664. The average molecular weight is 505 g/mol. The summed E-state index contributed by atoms with van der Waals surface area (Å²) < 4.78 is 6.22. The van der Waals surface area contributed by atoms with E-state index in [1.54, 1.807) is 20.4 Å². The van der Waals surface area contributed by atoms with Gasteiger partial charge in [0.1, 0.15) is 0 Å². The molecule has 0 bridgehead atoms. The molecule has 7 heteroatoms. The van der Waals surface area contributed by atoms with Crippen LogP contribution in [0.3, 0.4) is 0 Å². The summed E-state index contributed by atoms with van der Waals surface area (Å²) in [6.07, 6.45) is 1.74. The highest BCUT2D eigenvalue weighted by Gasteiger charge is 2.07. The van der Waals surface area contributed by atoms with Gasteiger partial charge >= 0.3 is 0 Å². The first-order valence-corrected chi connectivity index (χ1v) is 8.07. The van der Waals surface area contributed by atoms with Crippen molar-refractivity contribution in [2.45, 2.75) is 13.1 Å². The number of hydrogen-bond donors (Lipinski definition) is 1. The van der Waals surface area contributed by atoms with Crippen LogP contribution < -0.4 is 10.1 Å². The highest BCUT2D eigenvalue weighted by molar-refractivity contribution is 14.0. The summed E-state index contributed by atoms with van der Waals surface area (Å²) in [5, 5.41) is 3.35. The molecule has 24 heavy (non-hydrogen) atoms. The number of rotatable bonds is 5. The molecule has 1 aromatic heterocycles. The van der Waals surface area contributed by atoms with Crippen molar-refractivity contribution in [1.29, 1.82) is 0 Å². The van der Waals surface area contributed by atoms with Gasteiger partial charge in [-0.25, -0.2) is 4.98 Å². The fourth-order valence-corrected chi connectivity index (χ4v) is 2.44. The molecule has 0 spiro atoms. The van der Waals surface area contributed by atoms with Crippen molar-refractivity contribution in [2.75, 3.05) is 21.2 Å². The molecule has 0 aliphatic rings. The van der Waals surface area contributed by atoms with Crippen molar-refractivity contribution < 1.29 is 4.74 Å². The van der Waals surface area contributed by atoms with Gasteiger partial charge in [-0.15, -0.1) is 24.0 Å². The van der Waals surface area contributed by atoms with E-state index in [4.69, 9.17) is 4.74 Å². The lowest BCUT2D eigenvalue weighted by Crippen LogP contribution is -2.38. The summed E-state index contributed by atoms with van der Waals surface area (Å²) in [5.41, 5.74) is 2.32. The molecule has 0 fully saturated rings. The lowest BCUT2D eigenvalue weighted by molar-refractivity contribution is 0.397. The molecule has 0 atom stereocenters. The fourth-order valence-electron chi connectivity index (χ4n) is 2.18. The van der Waals surface area contributed by atoms with Crippen molar-refractivity contribution in [3.05, 3.63) is 58.2 Å². The minimum absolute atomic E-state index is 0. The molecule has 2 rings (SSSR count). The van der Waals surface area contributed by atoms with E-state index in [0.29, 0.717) is 12.4 Å². The molecule has 0 unspecified atom stereocenters. The van der Waals surface area contributed by atoms with Crippen molar-refractivity contribution >= 4 is 45.9 Å². The van der Waals surface area contributed by atoms with Gasteiger partial charge in [-0.1, -0.05) is 28.1 Å². The van der Waals surface area contributed by atoms with Crippen LogP contribution in [0.2, 0.25) is 0 Å². The van der Waals surface area contributed by atoms with Gasteiger partial charge in [-0.2, -0.15) is 0 Å². The quantitative estimate of drug-likeness (QED) is 0.383. The van der Waals surface area contributed by atoms with E-state index in [0.717, 1.165) is 22.5 Å². The summed E-state index contributed by atoms with van der Waals surface area (Å²) in [7, 11) is 5.42. The van der Waals surface area contributed by atoms with Crippen LogP contribution in [-0.4, -0.2) is 37.0 Å². The van der Waals surface area contributed by atoms with E-state index in [-0.39, 0.29) is 24.0 Å². The minimum atomic E-state index is 0. The largest absolute Gasteiger partial charge is 0.481 e. The van der Waals surface area contributed by atoms with Crippen LogP contribution in [0.25, 0.3) is 0 Å². The molecule has 0 amide bonds. The third kappa shape index (κ3) is 6.27. The van der Waals surface area contributed by atoms with Gasteiger partial charge < -0.3 is 15.0 Å². The molecule has 130 valence electrons. The number of hydrogen-bond acceptors (Lipinski definition) is 3. The molecule has 0 radical (unpaired) electrons. The van der Waals surface area contributed by atoms with E-state index in [1.807, 2.05) is 31.3 Å². The van der Waals surface area contributed by atoms with Crippen LogP contribution in [0.4, 0.5) is 0 Å². The van der Waals surface area contributed by atoms with Gasteiger partial charge in [0.25, 0.3) is 0 Å². The Morgan fingerprint density at radius 2 is 1.96 bits per heavy atom. The van der Waals surface area contributed by atoms with Gasteiger partial charge in [0.2, 0.25) is 5.88 Å². The molecule has 1 heterocycles.